The van der Waals surface area contributed by atoms with Crippen LogP contribution < -0.4 is 10.6 Å². The van der Waals surface area contributed by atoms with Gasteiger partial charge < -0.3 is 25.2 Å². The minimum Gasteiger partial charge on any atom is -0.463 e. The van der Waals surface area contributed by atoms with Crippen molar-refractivity contribution in [3.05, 3.63) is 83.9 Å². The number of ether oxygens (including phenoxy) is 2. The van der Waals surface area contributed by atoms with Gasteiger partial charge >= 0.3 is 11.9 Å². The average Bonchev–Trinajstić information content (AvgIpc) is 2.97. The number of aliphatic hydroxyl groups is 1. The number of rotatable bonds is 9. The van der Waals surface area contributed by atoms with Gasteiger partial charge in [0, 0.05) is 12.8 Å². The SMILES string of the molecule is O=C(CC1CC=CCCCCC(=O)OCC(C(=O)OCc2ccccc2)NC1=O)NC(CO)Cc1ccccc1. The molecule has 0 bridgehead atoms. The van der Waals surface area contributed by atoms with E-state index in [0.29, 0.717) is 12.8 Å². The molecule has 0 fully saturated rings. The van der Waals surface area contributed by atoms with Crippen LogP contribution in [0.5, 0.6) is 0 Å². The number of esters is 2. The van der Waals surface area contributed by atoms with Crippen LogP contribution in [-0.4, -0.2) is 54.2 Å². The monoisotopic (exact) mass is 550 g/mol. The standard InChI is InChI=1S/C31H38N2O7/c34-20-26(18-23-12-6-4-7-13-23)32-28(35)19-25-16-10-2-1-3-11-17-29(36)39-22-27(33-30(25)37)31(38)40-21-24-14-8-5-9-15-24/h2,4-10,12-15,25-27,34H,1,3,11,16-22H2,(H,32,35)(H,33,37). The first-order chi connectivity index (χ1) is 19.4. The van der Waals surface area contributed by atoms with Gasteiger partial charge in [-0.15, -0.1) is 0 Å². The maximum Gasteiger partial charge on any atom is 0.332 e. The molecule has 9 nitrogen and oxygen atoms in total. The molecule has 3 N–H and O–H groups in total. The molecule has 1 heterocycles. The highest BCUT2D eigenvalue weighted by molar-refractivity contribution is 5.89. The second-order valence-corrected chi connectivity index (χ2v) is 9.83. The highest BCUT2D eigenvalue weighted by atomic mass is 16.6. The second kappa shape index (κ2) is 16.9. The molecule has 0 aliphatic carbocycles. The number of carbonyl (C=O) groups is 4. The van der Waals surface area contributed by atoms with Crippen LogP contribution >= 0.6 is 0 Å². The van der Waals surface area contributed by atoms with Crippen LogP contribution in [0.2, 0.25) is 0 Å². The number of aliphatic hydroxyl groups excluding tert-OH is 1. The van der Waals surface area contributed by atoms with Crippen LogP contribution in [0.15, 0.2) is 72.8 Å². The Morgan fingerprint density at radius 3 is 2.40 bits per heavy atom. The highest BCUT2D eigenvalue weighted by Crippen LogP contribution is 2.14. The largest absolute Gasteiger partial charge is 0.463 e. The Kier molecular flexibility index (Phi) is 12.9. The third kappa shape index (κ3) is 11.0. The van der Waals surface area contributed by atoms with Gasteiger partial charge in [0.15, 0.2) is 6.04 Å². The molecule has 2 amide bonds. The topological polar surface area (TPSA) is 131 Å². The van der Waals surface area contributed by atoms with E-state index < -0.39 is 35.8 Å². The lowest BCUT2D eigenvalue weighted by Gasteiger charge is -2.22. The Bertz CT molecular complexity index is 1120. The fraction of sp³-hybridized carbons (Fsp3) is 0.419. The van der Waals surface area contributed by atoms with E-state index in [0.717, 1.165) is 24.0 Å². The first kappa shape index (κ1) is 30.6. The summed E-state index contributed by atoms with van der Waals surface area (Å²) in [4.78, 5) is 51.3. The molecule has 3 rings (SSSR count). The minimum atomic E-state index is -1.22. The van der Waals surface area contributed by atoms with E-state index in [4.69, 9.17) is 9.47 Å². The van der Waals surface area contributed by atoms with Gasteiger partial charge in [-0.1, -0.05) is 72.8 Å². The smallest absolute Gasteiger partial charge is 0.332 e. The Hall–Kier alpha value is -3.98. The predicted molar refractivity (Wildman–Crippen MR) is 149 cm³/mol. The molecular weight excluding hydrogens is 512 g/mol. The molecule has 214 valence electrons. The Morgan fingerprint density at radius 1 is 1.00 bits per heavy atom. The molecule has 9 heteroatoms. The molecule has 40 heavy (non-hydrogen) atoms. The summed E-state index contributed by atoms with van der Waals surface area (Å²) in [6, 6.07) is 16.8. The third-order valence-electron chi connectivity index (χ3n) is 6.54. The van der Waals surface area contributed by atoms with Crippen molar-refractivity contribution >= 4 is 23.8 Å². The lowest BCUT2D eigenvalue weighted by molar-refractivity contribution is -0.155. The number of allylic oxidation sites excluding steroid dienone is 2. The lowest BCUT2D eigenvalue weighted by atomic mass is 9.97. The molecular formula is C31H38N2O7. The van der Waals surface area contributed by atoms with Gasteiger partial charge in [0.1, 0.15) is 13.2 Å². The van der Waals surface area contributed by atoms with E-state index in [2.05, 4.69) is 10.6 Å². The second-order valence-electron chi connectivity index (χ2n) is 9.83. The van der Waals surface area contributed by atoms with E-state index in [1.54, 1.807) is 12.1 Å². The maximum atomic E-state index is 13.3. The van der Waals surface area contributed by atoms with Crippen LogP contribution in [0.25, 0.3) is 0 Å². The number of amides is 2. The molecule has 2 aromatic rings. The van der Waals surface area contributed by atoms with Gasteiger partial charge in [-0.3, -0.25) is 14.4 Å². The molecule has 0 radical (unpaired) electrons. The molecule has 0 saturated carbocycles. The number of carbonyl (C=O) groups excluding carboxylic acids is 4. The minimum absolute atomic E-state index is 0.00146. The number of benzene rings is 2. The van der Waals surface area contributed by atoms with E-state index >= 15 is 0 Å². The Morgan fingerprint density at radius 2 is 1.70 bits per heavy atom. The first-order valence-electron chi connectivity index (χ1n) is 13.7. The number of hydrogen-bond donors (Lipinski definition) is 3. The van der Waals surface area contributed by atoms with Crippen molar-refractivity contribution in [2.75, 3.05) is 13.2 Å². The van der Waals surface area contributed by atoms with E-state index in [-0.39, 0.29) is 45.0 Å². The van der Waals surface area contributed by atoms with Crippen LogP contribution in [0, 0.1) is 5.92 Å². The molecule has 3 unspecified atom stereocenters. The summed E-state index contributed by atoms with van der Waals surface area (Å²) in [5.74, 6) is -2.90. The third-order valence-corrected chi connectivity index (χ3v) is 6.54. The van der Waals surface area contributed by atoms with Crippen molar-refractivity contribution in [3.63, 3.8) is 0 Å². The van der Waals surface area contributed by atoms with Crippen LogP contribution in [0.3, 0.4) is 0 Å². The fourth-order valence-corrected chi connectivity index (χ4v) is 4.30. The lowest BCUT2D eigenvalue weighted by Crippen LogP contribution is -2.48. The van der Waals surface area contributed by atoms with Crippen LogP contribution in [0.4, 0.5) is 0 Å². The summed E-state index contributed by atoms with van der Waals surface area (Å²) in [5.41, 5.74) is 1.74. The van der Waals surface area contributed by atoms with Gasteiger partial charge in [0.25, 0.3) is 0 Å². The van der Waals surface area contributed by atoms with Crippen molar-refractivity contribution in [2.24, 2.45) is 5.92 Å². The van der Waals surface area contributed by atoms with Crippen molar-refractivity contribution < 1.29 is 33.8 Å². The number of cyclic esters (lactones) is 1. The van der Waals surface area contributed by atoms with E-state index in [1.807, 2.05) is 60.7 Å². The number of nitrogens with one attached hydrogen (secondary N) is 2. The number of hydrogen-bond acceptors (Lipinski definition) is 7. The van der Waals surface area contributed by atoms with E-state index in [9.17, 15) is 24.3 Å². The van der Waals surface area contributed by atoms with Crippen LogP contribution in [0.1, 0.15) is 49.7 Å². The first-order valence-corrected chi connectivity index (χ1v) is 13.7. The molecule has 3 atom stereocenters. The predicted octanol–water partition coefficient (Wildman–Crippen LogP) is 3.00. The van der Waals surface area contributed by atoms with Gasteiger partial charge in [-0.05, 0) is 43.2 Å². The summed E-state index contributed by atoms with van der Waals surface area (Å²) in [7, 11) is 0. The van der Waals surface area contributed by atoms with Crippen molar-refractivity contribution in [1.29, 1.82) is 0 Å². The maximum absolute atomic E-state index is 13.3. The summed E-state index contributed by atoms with van der Waals surface area (Å²) < 4.78 is 10.7. The molecule has 0 spiro atoms. The molecule has 0 saturated heterocycles. The van der Waals surface area contributed by atoms with Crippen molar-refractivity contribution in [3.8, 4) is 0 Å². The highest BCUT2D eigenvalue weighted by Gasteiger charge is 2.29. The van der Waals surface area contributed by atoms with Gasteiger partial charge in [0.2, 0.25) is 11.8 Å². The molecule has 1 aliphatic heterocycles. The summed E-state index contributed by atoms with van der Waals surface area (Å²) >= 11 is 0. The summed E-state index contributed by atoms with van der Waals surface area (Å²) in [6.07, 6.45) is 6.69. The van der Waals surface area contributed by atoms with Gasteiger partial charge in [-0.25, -0.2) is 4.79 Å². The van der Waals surface area contributed by atoms with Crippen molar-refractivity contribution in [1.82, 2.24) is 10.6 Å². The molecule has 1 aliphatic rings. The fourth-order valence-electron chi connectivity index (χ4n) is 4.30. The van der Waals surface area contributed by atoms with Crippen molar-refractivity contribution in [2.45, 2.75) is 63.6 Å². The normalized spacial score (nSPS) is 19.4. The van der Waals surface area contributed by atoms with Gasteiger partial charge in [0.05, 0.1) is 18.6 Å². The quantitative estimate of drug-likeness (QED) is 0.323. The zero-order valence-electron chi connectivity index (χ0n) is 22.6. The summed E-state index contributed by atoms with van der Waals surface area (Å²) in [5, 5.41) is 15.3. The zero-order chi connectivity index (χ0) is 28.6. The van der Waals surface area contributed by atoms with Gasteiger partial charge in [-0.2, -0.15) is 0 Å². The molecule has 2 aromatic carbocycles. The van der Waals surface area contributed by atoms with Crippen LogP contribution in [-0.2, 0) is 41.7 Å². The Balaban J connectivity index is 1.68. The molecule has 0 aromatic heterocycles. The Labute approximate surface area is 234 Å². The zero-order valence-corrected chi connectivity index (χ0v) is 22.6. The summed E-state index contributed by atoms with van der Waals surface area (Å²) in [6.45, 7) is -0.618. The average molecular weight is 551 g/mol. The van der Waals surface area contributed by atoms with E-state index in [1.165, 1.54) is 0 Å².